The smallest absolute Gasteiger partial charge is 0.138 e. The van der Waals surface area contributed by atoms with Crippen LogP contribution in [0.1, 0.15) is 11.1 Å². The van der Waals surface area contributed by atoms with E-state index in [1.165, 1.54) is 6.33 Å². The number of carbonyl (C=O) groups excluding carboxylic acids is 1. The molecule has 1 saturated heterocycles. The van der Waals surface area contributed by atoms with Crippen LogP contribution in [0.25, 0.3) is 10.9 Å². The molecule has 0 radical (unpaired) electrons. The molecule has 6 nitrogen and oxygen atoms in total. The van der Waals surface area contributed by atoms with Gasteiger partial charge in [-0.1, -0.05) is 29.5 Å². The fraction of sp³-hybridized carbons (Fsp3) is 0.261. The second-order valence-corrected chi connectivity index (χ2v) is 7.76. The Hall–Kier alpha value is -2.98. The van der Waals surface area contributed by atoms with E-state index in [1.807, 2.05) is 42.5 Å². The quantitative estimate of drug-likeness (QED) is 0.517. The zero-order chi connectivity index (χ0) is 20.9. The molecule has 0 bridgehead atoms. The summed E-state index contributed by atoms with van der Waals surface area (Å²) in [5.74, 6) is 6.83. The number of piperazine rings is 1. The van der Waals surface area contributed by atoms with E-state index < -0.39 is 0 Å². The Morgan fingerprint density at radius 1 is 1.17 bits per heavy atom. The lowest BCUT2D eigenvalue weighted by atomic mass is 10.1. The average Bonchev–Trinajstić information content (AvgIpc) is 2.76. The molecule has 2 N–H and O–H groups in total. The van der Waals surface area contributed by atoms with Crippen molar-refractivity contribution in [1.82, 2.24) is 19.8 Å². The number of hydrogen-bond acceptors (Lipinski definition) is 6. The van der Waals surface area contributed by atoms with Crippen molar-refractivity contribution in [2.45, 2.75) is 12.6 Å². The molecule has 4 rings (SSSR count). The molecule has 1 aliphatic heterocycles. The molecule has 0 aliphatic carbocycles. The standard InChI is InChI=1S/C23H22ClN5O/c24-19-6-3-17(4-7-19)2-1-9-28-10-11-29(20(14-28)15-30)13-18-5-8-21-22(12-18)26-16-27-23(21)25/h3-8,12,15-16,20H,9-11,13-14H2,(H2,25,26,27). The number of hydrogen-bond donors (Lipinski definition) is 1. The Morgan fingerprint density at radius 3 is 2.80 bits per heavy atom. The van der Waals surface area contributed by atoms with Crippen molar-refractivity contribution in [3.05, 3.63) is 64.9 Å². The van der Waals surface area contributed by atoms with Gasteiger partial charge in [0.15, 0.2) is 0 Å². The first-order valence-electron chi connectivity index (χ1n) is 9.77. The van der Waals surface area contributed by atoms with Crippen LogP contribution in [-0.4, -0.2) is 58.3 Å². The van der Waals surface area contributed by atoms with Gasteiger partial charge in [-0.3, -0.25) is 9.80 Å². The minimum absolute atomic E-state index is 0.165. The molecule has 3 aromatic rings. The first-order chi connectivity index (χ1) is 14.6. The van der Waals surface area contributed by atoms with Gasteiger partial charge in [-0.05, 0) is 42.0 Å². The average molecular weight is 420 g/mol. The van der Waals surface area contributed by atoms with Crippen LogP contribution in [0.15, 0.2) is 48.8 Å². The predicted molar refractivity (Wildman–Crippen MR) is 119 cm³/mol. The fourth-order valence-electron chi connectivity index (χ4n) is 3.62. The van der Waals surface area contributed by atoms with Gasteiger partial charge in [0.2, 0.25) is 0 Å². The number of rotatable bonds is 4. The highest BCUT2D eigenvalue weighted by atomic mass is 35.5. The van der Waals surface area contributed by atoms with E-state index in [2.05, 4.69) is 31.6 Å². The molecule has 1 atom stereocenters. The zero-order valence-electron chi connectivity index (χ0n) is 16.5. The Bertz CT molecular complexity index is 1110. The molecule has 0 spiro atoms. The minimum Gasteiger partial charge on any atom is -0.383 e. The van der Waals surface area contributed by atoms with Crippen LogP contribution >= 0.6 is 11.6 Å². The molecule has 2 heterocycles. The summed E-state index contributed by atoms with van der Waals surface area (Å²) < 4.78 is 0. The van der Waals surface area contributed by atoms with Crippen LogP contribution in [0.3, 0.4) is 0 Å². The van der Waals surface area contributed by atoms with Crippen molar-refractivity contribution in [2.24, 2.45) is 0 Å². The number of aromatic nitrogens is 2. The van der Waals surface area contributed by atoms with Gasteiger partial charge in [-0.2, -0.15) is 0 Å². The van der Waals surface area contributed by atoms with Crippen LogP contribution in [-0.2, 0) is 11.3 Å². The molecular weight excluding hydrogens is 398 g/mol. The van der Waals surface area contributed by atoms with E-state index >= 15 is 0 Å². The van der Waals surface area contributed by atoms with E-state index in [9.17, 15) is 4.79 Å². The Balaban J connectivity index is 1.38. The molecule has 7 heteroatoms. The summed E-state index contributed by atoms with van der Waals surface area (Å²) in [6.07, 6.45) is 2.50. The molecule has 1 aromatic heterocycles. The summed E-state index contributed by atoms with van der Waals surface area (Å²) in [6.45, 7) is 3.65. The molecule has 30 heavy (non-hydrogen) atoms. The monoisotopic (exact) mass is 419 g/mol. The molecule has 1 aliphatic rings. The number of nitrogens with two attached hydrogens (primary N) is 1. The summed E-state index contributed by atoms with van der Waals surface area (Å²) >= 11 is 5.90. The highest BCUT2D eigenvalue weighted by Gasteiger charge is 2.26. The van der Waals surface area contributed by atoms with E-state index in [0.29, 0.717) is 30.5 Å². The normalized spacial score (nSPS) is 17.4. The van der Waals surface area contributed by atoms with Crippen molar-refractivity contribution in [2.75, 3.05) is 31.9 Å². The first-order valence-corrected chi connectivity index (χ1v) is 10.2. The summed E-state index contributed by atoms with van der Waals surface area (Å²) in [5.41, 5.74) is 8.76. The van der Waals surface area contributed by atoms with Gasteiger partial charge in [0.1, 0.15) is 18.4 Å². The Morgan fingerprint density at radius 2 is 2.00 bits per heavy atom. The summed E-state index contributed by atoms with van der Waals surface area (Å²) in [4.78, 5) is 24.5. The maximum Gasteiger partial charge on any atom is 0.138 e. The molecule has 1 fully saturated rings. The van der Waals surface area contributed by atoms with Gasteiger partial charge >= 0.3 is 0 Å². The lowest BCUT2D eigenvalue weighted by Crippen LogP contribution is -2.53. The number of halogens is 1. The highest BCUT2D eigenvalue weighted by Crippen LogP contribution is 2.20. The number of benzene rings is 2. The van der Waals surface area contributed by atoms with Crippen molar-refractivity contribution < 1.29 is 4.79 Å². The largest absolute Gasteiger partial charge is 0.383 e. The Labute approximate surface area is 180 Å². The van der Waals surface area contributed by atoms with E-state index in [0.717, 1.165) is 41.4 Å². The zero-order valence-corrected chi connectivity index (χ0v) is 17.2. The second kappa shape index (κ2) is 9.23. The number of carbonyl (C=O) groups is 1. The molecule has 0 amide bonds. The summed E-state index contributed by atoms with van der Waals surface area (Å²) in [6, 6.07) is 13.3. The van der Waals surface area contributed by atoms with E-state index in [-0.39, 0.29) is 6.04 Å². The van der Waals surface area contributed by atoms with Gasteiger partial charge in [0.25, 0.3) is 0 Å². The maximum absolute atomic E-state index is 11.7. The van der Waals surface area contributed by atoms with Crippen LogP contribution in [0, 0.1) is 11.8 Å². The topological polar surface area (TPSA) is 75.3 Å². The number of nitrogen functional groups attached to an aromatic ring is 1. The van der Waals surface area contributed by atoms with Gasteiger partial charge in [0, 0.05) is 42.2 Å². The van der Waals surface area contributed by atoms with Gasteiger partial charge in [0.05, 0.1) is 18.1 Å². The number of anilines is 1. The van der Waals surface area contributed by atoms with Crippen molar-refractivity contribution in [3.8, 4) is 11.8 Å². The predicted octanol–water partition coefficient (Wildman–Crippen LogP) is 2.60. The van der Waals surface area contributed by atoms with E-state index in [1.54, 1.807) is 0 Å². The highest BCUT2D eigenvalue weighted by molar-refractivity contribution is 6.30. The van der Waals surface area contributed by atoms with Crippen molar-refractivity contribution >= 4 is 34.6 Å². The van der Waals surface area contributed by atoms with Crippen molar-refractivity contribution in [3.63, 3.8) is 0 Å². The van der Waals surface area contributed by atoms with Gasteiger partial charge < -0.3 is 10.5 Å². The van der Waals surface area contributed by atoms with Crippen molar-refractivity contribution in [1.29, 1.82) is 0 Å². The number of aldehydes is 1. The third-order valence-electron chi connectivity index (χ3n) is 5.27. The fourth-order valence-corrected chi connectivity index (χ4v) is 3.74. The maximum atomic E-state index is 11.7. The van der Waals surface area contributed by atoms with Crippen LogP contribution in [0.4, 0.5) is 5.82 Å². The lowest BCUT2D eigenvalue weighted by molar-refractivity contribution is -0.114. The second-order valence-electron chi connectivity index (χ2n) is 7.33. The molecule has 152 valence electrons. The van der Waals surface area contributed by atoms with Gasteiger partial charge in [-0.25, -0.2) is 9.97 Å². The van der Waals surface area contributed by atoms with Crippen LogP contribution in [0.2, 0.25) is 5.02 Å². The number of nitrogens with zero attached hydrogens (tertiary/aromatic N) is 4. The van der Waals surface area contributed by atoms with Crippen LogP contribution in [0.5, 0.6) is 0 Å². The minimum atomic E-state index is -0.165. The molecule has 0 saturated carbocycles. The molecular formula is C23H22ClN5O. The number of fused-ring (bicyclic) bond motifs is 1. The Kier molecular flexibility index (Phi) is 6.24. The van der Waals surface area contributed by atoms with Crippen LogP contribution < -0.4 is 5.73 Å². The SMILES string of the molecule is Nc1ncnc2cc(CN3CCN(CC#Cc4ccc(Cl)cc4)CC3C=O)ccc12. The molecule has 2 aromatic carbocycles. The molecule has 1 unspecified atom stereocenters. The third kappa shape index (κ3) is 4.77. The third-order valence-corrected chi connectivity index (χ3v) is 5.52. The lowest BCUT2D eigenvalue weighted by Gasteiger charge is -2.38. The van der Waals surface area contributed by atoms with E-state index in [4.69, 9.17) is 17.3 Å². The summed E-state index contributed by atoms with van der Waals surface area (Å²) in [5, 5.41) is 1.55. The summed E-state index contributed by atoms with van der Waals surface area (Å²) in [7, 11) is 0. The first kappa shape index (κ1) is 20.3. The van der Waals surface area contributed by atoms with Gasteiger partial charge in [-0.15, -0.1) is 0 Å².